The van der Waals surface area contributed by atoms with Gasteiger partial charge < -0.3 is 15.4 Å². The van der Waals surface area contributed by atoms with E-state index in [2.05, 4.69) is 29.5 Å². The van der Waals surface area contributed by atoms with E-state index in [1.54, 1.807) is 11.3 Å². The third kappa shape index (κ3) is 4.04. The third-order valence-corrected chi connectivity index (χ3v) is 6.07. The van der Waals surface area contributed by atoms with Crippen molar-refractivity contribution in [1.82, 2.24) is 15.6 Å². The first-order valence-corrected chi connectivity index (χ1v) is 9.60. The van der Waals surface area contributed by atoms with Crippen LogP contribution in [0.15, 0.2) is 0 Å². The predicted molar refractivity (Wildman–Crippen MR) is 92.0 cm³/mol. The number of hydrogen-bond acceptors (Lipinski definition) is 4. The first kappa shape index (κ1) is 16.7. The second kappa shape index (κ2) is 7.62. The van der Waals surface area contributed by atoms with E-state index in [4.69, 9.17) is 4.74 Å². The number of amides is 2. The topological polar surface area (TPSA) is 63.2 Å². The first-order valence-electron chi connectivity index (χ1n) is 8.78. The number of carbonyl (C=O) groups excluding carboxylic acids is 1. The molecule has 1 aromatic rings. The minimum absolute atomic E-state index is 0.0495. The quantitative estimate of drug-likeness (QED) is 0.868. The van der Waals surface area contributed by atoms with Crippen molar-refractivity contribution in [3.8, 4) is 0 Å². The highest BCUT2D eigenvalue weighted by atomic mass is 32.1. The average molecular weight is 337 g/mol. The molecule has 1 saturated carbocycles. The van der Waals surface area contributed by atoms with Crippen LogP contribution in [0.25, 0.3) is 0 Å². The molecule has 0 bridgehead atoms. The molecule has 2 amide bonds. The molecule has 128 valence electrons. The van der Waals surface area contributed by atoms with Crippen LogP contribution in [-0.2, 0) is 17.6 Å². The van der Waals surface area contributed by atoms with Crippen LogP contribution in [-0.4, -0.2) is 36.3 Å². The second-order valence-corrected chi connectivity index (χ2v) is 7.80. The van der Waals surface area contributed by atoms with E-state index >= 15 is 0 Å². The van der Waals surface area contributed by atoms with Crippen LogP contribution in [0.5, 0.6) is 0 Å². The Morgan fingerprint density at radius 1 is 1.39 bits per heavy atom. The summed E-state index contributed by atoms with van der Waals surface area (Å²) in [6, 6.07) is 0.219. The Balaban J connectivity index is 1.42. The van der Waals surface area contributed by atoms with Crippen molar-refractivity contribution in [3.63, 3.8) is 0 Å². The van der Waals surface area contributed by atoms with Crippen molar-refractivity contribution in [2.75, 3.05) is 13.2 Å². The van der Waals surface area contributed by atoms with Gasteiger partial charge in [-0.25, -0.2) is 9.78 Å². The van der Waals surface area contributed by atoms with Gasteiger partial charge >= 0.3 is 6.03 Å². The number of nitrogens with one attached hydrogen (secondary N) is 2. The van der Waals surface area contributed by atoms with Crippen LogP contribution in [0.3, 0.4) is 0 Å². The Labute approximate surface area is 142 Å². The molecule has 0 unspecified atom stereocenters. The van der Waals surface area contributed by atoms with Crippen molar-refractivity contribution >= 4 is 17.4 Å². The maximum absolute atomic E-state index is 12.1. The molecule has 3 atom stereocenters. The summed E-state index contributed by atoms with van der Waals surface area (Å²) in [7, 11) is 0. The molecule has 0 radical (unpaired) electrons. The number of thiazole rings is 1. The summed E-state index contributed by atoms with van der Waals surface area (Å²) in [5.41, 5.74) is 1.18. The molecule has 1 saturated heterocycles. The number of aromatic nitrogens is 1. The minimum atomic E-state index is -0.0495. The van der Waals surface area contributed by atoms with Gasteiger partial charge in [-0.05, 0) is 39.0 Å². The lowest BCUT2D eigenvalue weighted by Crippen LogP contribution is -2.49. The fourth-order valence-electron chi connectivity index (χ4n) is 3.78. The van der Waals surface area contributed by atoms with Gasteiger partial charge in [-0.2, -0.15) is 0 Å². The molecule has 2 aliphatic rings. The summed E-state index contributed by atoms with van der Waals surface area (Å²) in [5, 5.41) is 7.25. The highest BCUT2D eigenvalue weighted by molar-refractivity contribution is 7.11. The van der Waals surface area contributed by atoms with Gasteiger partial charge in [0.15, 0.2) is 0 Å². The van der Waals surface area contributed by atoms with Gasteiger partial charge in [0.25, 0.3) is 0 Å². The maximum Gasteiger partial charge on any atom is 0.315 e. The first-order chi connectivity index (χ1) is 11.2. The van der Waals surface area contributed by atoms with Gasteiger partial charge in [0, 0.05) is 36.4 Å². The fourth-order valence-corrected chi connectivity index (χ4v) is 4.80. The molecule has 5 nitrogen and oxygen atoms in total. The van der Waals surface area contributed by atoms with Gasteiger partial charge in [-0.15, -0.1) is 11.3 Å². The molecule has 2 N–H and O–H groups in total. The molecule has 2 heterocycles. The number of urea groups is 1. The number of ether oxygens (including phenoxy) is 1. The number of carbonyl (C=O) groups is 1. The summed E-state index contributed by atoms with van der Waals surface area (Å²) in [6.07, 6.45) is 6.58. The second-order valence-electron chi connectivity index (χ2n) is 6.51. The standard InChI is InChI=1S/C17H27N3O2S/c1-3-13-11(2)23-16(19-13)7-9-18-17(21)20-14-5-4-6-15-12(14)8-10-22-15/h12,14-15H,3-10H2,1-2H3,(H2,18,20,21)/t12-,14+,15-/m0/s1. The lowest BCUT2D eigenvalue weighted by atomic mass is 9.82. The van der Waals surface area contributed by atoms with Crippen LogP contribution < -0.4 is 10.6 Å². The van der Waals surface area contributed by atoms with Crippen molar-refractivity contribution in [2.45, 2.75) is 64.5 Å². The predicted octanol–water partition coefficient (Wildman–Crippen LogP) is 2.81. The van der Waals surface area contributed by atoms with E-state index in [9.17, 15) is 4.79 Å². The zero-order valence-electron chi connectivity index (χ0n) is 14.1. The molecule has 1 aromatic heterocycles. The summed E-state index contributed by atoms with van der Waals surface area (Å²) < 4.78 is 5.75. The molecule has 3 rings (SSSR count). The van der Waals surface area contributed by atoms with Gasteiger partial charge in [-0.3, -0.25) is 0 Å². The molecule has 6 heteroatoms. The van der Waals surface area contributed by atoms with E-state index in [-0.39, 0.29) is 12.1 Å². The average Bonchev–Trinajstić information content (AvgIpc) is 3.14. The van der Waals surface area contributed by atoms with E-state index in [1.807, 2.05) is 0 Å². The number of fused-ring (bicyclic) bond motifs is 1. The Kier molecular flexibility index (Phi) is 5.54. The summed E-state index contributed by atoms with van der Waals surface area (Å²) in [5.74, 6) is 0.503. The third-order valence-electron chi connectivity index (χ3n) is 4.99. The smallest absolute Gasteiger partial charge is 0.315 e. The lowest BCUT2D eigenvalue weighted by Gasteiger charge is -2.33. The van der Waals surface area contributed by atoms with Crippen LogP contribution in [0.2, 0.25) is 0 Å². The Bertz CT molecular complexity index is 546. The van der Waals surface area contributed by atoms with Gasteiger partial charge in [-0.1, -0.05) is 6.92 Å². The Morgan fingerprint density at radius 3 is 3.04 bits per heavy atom. The number of rotatable bonds is 5. The van der Waals surface area contributed by atoms with E-state index in [0.29, 0.717) is 18.6 Å². The highest BCUT2D eigenvalue weighted by Crippen LogP contribution is 2.34. The number of aryl methyl sites for hydroxylation is 2. The minimum Gasteiger partial charge on any atom is -0.378 e. The molecule has 0 spiro atoms. The molecular formula is C17H27N3O2S. The largest absolute Gasteiger partial charge is 0.378 e. The van der Waals surface area contributed by atoms with Crippen LogP contribution in [0.4, 0.5) is 4.79 Å². The molecule has 2 fully saturated rings. The van der Waals surface area contributed by atoms with Gasteiger partial charge in [0.2, 0.25) is 0 Å². The lowest BCUT2D eigenvalue weighted by molar-refractivity contribution is 0.0549. The Morgan fingerprint density at radius 2 is 2.26 bits per heavy atom. The zero-order valence-corrected chi connectivity index (χ0v) is 14.9. The monoisotopic (exact) mass is 337 g/mol. The number of nitrogens with zero attached hydrogens (tertiary/aromatic N) is 1. The van der Waals surface area contributed by atoms with Crippen LogP contribution in [0, 0.1) is 12.8 Å². The van der Waals surface area contributed by atoms with Crippen molar-refractivity contribution in [3.05, 3.63) is 15.6 Å². The van der Waals surface area contributed by atoms with Crippen molar-refractivity contribution in [2.24, 2.45) is 5.92 Å². The normalized spacial score (nSPS) is 26.8. The highest BCUT2D eigenvalue weighted by Gasteiger charge is 2.38. The summed E-state index contributed by atoms with van der Waals surface area (Å²) in [4.78, 5) is 18.0. The van der Waals surface area contributed by atoms with Gasteiger partial charge in [0.05, 0.1) is 16.8 Å². The van der Waals surface area contributed by atoms with Crippen molar-refractivity contribution < 1.29 is 9.53 Å². The van der Waals surface area contributed by atoms with Crippen LogP contribution >= 0.6 is 11.3 Å². The SMILES string of the molecule is CCc1nc(CCNC(=O)N[C@@H]2CCC[C@@H]3OCC[C@H]32)sc1C. The zero-order chi connectivity index (χ0) is 16.2. The van der Waals surface area contributed by atoms with Gasteiger partial charge in [0.1, 0.15) is 0 Å². The summed E-state index contributed by atoms with van der Waals surface area (Å²) in [6.45, 7) is 5.72. The van der Waals surface area contributed by atoms with E-state index in [1.165, 1.54) is 10.6 Å². The van der Waals surface area contributed by atoms with Crippen LogP contribution in [0.1, 0.15) is 48.2 Å². The number of hydrogen-bond donors (Lipinski definition) is 2. The van der Waals surface area contributed by atoms with E-state index < -0.39 is 0 Å². The Hall–Kier alpha value is -1.14. The molecule has 1 aliphatic heterocycles. The summed E-state index contributed by atoms with van der Waals surface area (Å²) >= 11 is 1.74. The molecular weight excluding hydrogens is 310 g/mol. The van der Waals surface area contributed by atoms with E-state index in [0.717, 1.165) is 50.1 Å². The maximum atomic E-state index is 12.1. The van der Waals surface area contributed by atoms with Crippen molar-refractivity contribution in [1.29, 1.82) is 0 Å². The molecule has 1 aliphatic carbocycles. The fraction of sp³-hybridized carbons (Fsp3) is 0.765. The molecule has 23 heavy (non-hydrogen) atoms. The molecule has 0 aromatic carbocycles.